The third-order valence-electron chi connectivity index (χ3n) is 2.99. The van der Waals surface area contributed by atoms with Crippen molar-refractivity contribution in [2.75, 3.05) is 17.7 Å². The molecule has 0 aliphatic heterocycles. The molecule has 2 N–H and O–H groups in total. The summed E-state index contributed by atoms with van der Waals surface area (Å²) >= 11 is 6.73. The summed E-state index contributed by atoms with van der Waals surface area (Å²) in [5.41, 5.74) is 8.21. The molecule has 0 heterocycles. The fourth-order valence-electron chi connectivity index (χ4n) is 1.86. The first-order valence-electron chi connectivity index (χ1n) is 6.03. The third-order valence-corrected chi connectivity index (χ3v) is 4.02. The molecular formula is C15H14Br2N2O. The molecule has 0 bridgehead atoms. The second-order valence-electron chi connectivity index (χ2n) is 4.46. The van der Waals surface area contributed by atoms with Crippen molar-refractivity contribution in [3.63, 3.8) is 0 Å². The van der Waals surface area contributed by atoms with Gasteiger partial charge in [-0.3, -0.25) is 4.79 Å². The number of amides is 1. The highest BCUT2D eigenvalue weighted by atomic mass is 79.9. The van der Waals surface area contributed by atoms with Crippen molar-refractivity contribution < 1.29 is 4.79 Å². The van der Waals surface area contributed by atoms with Crippen molar-refractivity contribution in [3.05, 3.63) is 57.0 Å². The van der Waals surface area contributed by atoms with Crippen LogP contribution in [0.2, 0.25) is 0 Å². The van der Waals surface area contributed by atoms with Gasteiger partial charge in [-0.1, -0.05) is 44.0 Å². The van der Waals surface area contributed by atoms with Crippen LogP contribution in [0.4, 0.5) is 11.4 Å². The Bertz CT molecular complexity index is 626. The summed E-state index contributed by atoms with van der Waals surface area (Å²) in [6, 6.07) is 13.2. The summed E-state index contributed by atoms with van der Waals surface area (Å²) in [5, 5.41) is 0. The smallest absolute Gasteiger partial charge is 0.231 e. The van der Waals surface area contributed by atoms with Crippen LogP contribution in [0.15, 0.2) is 51.4 Å². The van der Waals surface area contributed by atoms with Crippen LogP contribution in [0.1, 0.15) is 5.56 Å². The number of nitrogens with two attached hydrogens (primary N) is 1. The first-order valence-corrected chi connectivity index (χ1v) is 7.62. The average Bonchev–Trinajstić information content (AvgIpc) is 2.40. The van der Waals surface area contributed by atoms with E-state index in [-0.39, 0.29) is 5.91 Å². The van der Waals surface area contributed by atoms with Gasteiger partial charge >= 0.3 is 0 Å². The van der Waals surface area contributed by atoms with Crippen LogP contribution in [-0.2, 0) is 11.2 Å². The number of carbonyl (C=O) groups excluding carboxylic acids is 1. The van der Waals surface area contributed by atoms with Gasteiger partial charge in [-0.05, 0) is 35.9 Å². The molecule has 0 atom stereocenters. The molecule has 3 nitrogen and oxygen atoms in total. The fraction of sp³-hybridized carbons (Fsp3) is 0.133. The van der Waals surface area contributed by atoms with Crippen molar-refractivity contribution in [2.24, 2.45) is 0 Å². The Labute approximate surface area is 135 Å². The zero-order chi connectivity index (χ0) is 14.7. The number of hydrogen-bond acceptors (Lipinski definition) is 2. The number of hydrogen-bond donors (Lipinski definition) is 1. The van der Waals surface area contributed by atoms with Crippen molar-refractivity contribution in [1.29, 1.82) is 0 Å². The number of likely N-dealkylation sites (N-methyl/N-ethyl adjacent to an activating group) is 1. The van der Waals surface area contributed by atoms with Crippen molar-refractivity contribution in [2.45, 2.75) is 6.42 Å². The molecule has 20 heavy (non-hydrogen) atoms. The summed E-state index contributed by atoms with van der Waals surface area (Å²) < 4.78 is 1.90. The van der Waals surface area contributed by atoms with Crippen molar-refractivity contribution >= 4 is 49.1 Å². The van der Waals surface area contributed by atoms with Crippen molar-refractivity contribution in [3.8, 4) is 0 Å². The van der Waals surface area contributed by atoms with Gasteiger partial charge in [0.15, 0.2) is 0 Å². The lowest BCUT2D eigenvalue weighted by atomic mass is 10.1. The van der Waals surface area contributed by atoms with E-state index in [9.17, 15) is 4.79 Å². The summed E-state index contributed by atoms with van der Waals surface area (Å²) in [6.07, 6.45) is 0.347. The number of benzene rings is 2. The molecule has 5 heteroatoms. The molecule has 0 unspecified atom stereocenters. The lowest BCUT2D eigenvalue weighted by molar-refractivity contribution is -0.117. The molecule has 2 aromatic carbocycles. The van der Waals surface area contributed by atoms with E-state index in [0.29, 0.717) is 12.1 Å². The maximum absolute atomic E-state index is 12.3. The Morgan fingerprint density at radius 2 is 1.70 bits per heavy atom. The van der Waals surface area contributed by atoms with Crippen LogP contribution in [0, 0.1) is 0 Å². The van der Waals surface area contributed by atoms with E-state index < -0.39 is 0 Å². The molecule has 0 radical (unpaired) electrons. The number of rotatable bonds is 3. The minimum atomic E-state index is 0.00125. The zero-order valence-electron chi connectivity index (χ0n) is 10.9. The van der Waals surface area contributed by atoms with E-state index in [4.69, 9.17) is 5.73 Å². The molecule has 104 valence electrons. The summed E-state index contributed by atoms with van der Waals surface area (Å²) in [7, 11) is 1.74. The van der Waals surface area contributed by atoms with E-state index in [1.165, 1.54) is 0 Å². The van der Waals surface area contributed by atoms with E-state index >= 15 is 0 Å². The van der Waals surface area contributed by atoms with Crippen LogP contribution >= 0.6 is 31.9 Å². The second-order valence-corrected chi connectivity index (χ2v) is 6.29. The van der Waals surface area contributed by atoms with Gasteiger partial charge in [0.05, 0.1) is 17.8 Å². The van der Waals surface area contributed by atoms with E-state index in [0.717, 1.165) is 20.2 Å². The Morgan fingerprint density at radius 3 is 2.30 bits per heavy atom. The van der Waals surface area contributed by atoms with Crippen LogP contribution in [0.25, 0.3) is 0 Å². The Morgan fingerprint density at radius 1 is 1.10 bits per heavy atom. The molecule has 0 saturated carbocycles. The molecule has 1 amide bonds. The number of anilines is 2. The van der Waals surface area contributed by atoms with Gasteiger partial charge in [0.25, 0.3) is 0 Å². The van der Waals surface area contributed by atoms with Gasteiger partial charge in [-0.15, -0.1) is 0 Å². The molecule has 0 aliphatic rings. The van der Waals surface area contributed by atoms with Gasteiger partial charge in [0.2, 0.25) is 5.91 Å². The van der Waals surface area contributed by atoms with Gasteiger partial charge in [-0.2, -0.15) is 0 Å². The minimum absolute atomic E-state index is 0.00125. The van der Waals surface area contributed by atoms with Crippen LogP contribution in [0.3, 0.4) is 0 Å². The lowest BCUT2D eigenvalue weighted by Gasteiger charge is -2.19. The van der Waals surface area contributed by atoms with Crippen molar-refractivity contribution in [1.82, 2.24) is 0 Å². The number of nitrogen functional groups attached to an aromatic ring is 1. The molecule has 2 aromatic rings. The van der Waals surface area contributed by atoms with Gasteiger partial charge in [-0.25, -0.2) is 0 Å². The molecule has 2 rings (SSSR count). The van der Waals surface area contributed by atoms with Gasteiger partial charge in [0, 0.05) is 16.0 Å². The lowest BCUT2D eigenvalue weighted by Crippen LogP contribution is -2.28. The standard InChI is InChI=1S/C15H14Br2N2O/c1-19(14-7-6-12(17)9-13(14)18)15(20)8-10-2-4-11(16)5-3-10/h2-7,9H,8,18H2,1H3. The normalized spacial score (nSPS) is 10.3. The van der Waals surface area contributed by atoms with Crippen LogP contribution in [0.5, 0.6) is 0 Å². The number of carbonyl (C=O) groups is 1. The van der Waals surface area contributed by atoms with Crippen LogP contribution in [-0.4, -0.2) is 13.0 Å². The maximum atomic E-state index is 12.3. The fourth-order valence-corrected chi connectivity index (χ4v) is 2.50. The largest absolute Gasteiger partial charge is 0.397 e. The highest BCUT2D eigenvalue weighted by molar-refractivity contribution is 9.10. The maximum Gasteiger partial charge on any atom is 0.231 e. The predicted molar refractivity (Wildman–Crippen MR) is 89.8 cm³/mol. The van der Waals surface area contributed by atoms with E-state index in [1.54, 1.807) is 18.0 Å². The first kappa shape index (κ1) is 15.1. The highest BCUT2D eigenvalue weighted by Crippen LogP contribution is 2.26. The highest BCUT2D eigenvalue weighted by Gasteiger charge is 2.14. The summed E-state index contributed by atoms with van der Waals surface area (Å²) in [5.74, 6) is 0.00125. The first-order chi connectivity index (χ1) is 9.47. The molecular weight excluding hydrogens is 384 g/mol. The molecule has 0 spiro atoms. The Hall–Kier alpha value is -1.33. The SMILES string of the molecule is CN(C(=O)Cc1ccc(Br)cc1)c1ccc(Br)cc1N. The second kappa shape index (κ2) is 6.41. The Balaban J connectivity index is 2.14. The Kier molecular flexibility index (Phi) is 4.83. The van der Waals surface area contributed by atoms with E-state index in [1.807, 2.05) is 36.4 Å². The molecule has 0 fully saturated rings. The molecule has 0 aromatic heterocycles. The van der Waals surface area contributed by atoms with Gasteiger partial charge in [0.1, 0.15) is 0 Å². The van der Waals surface area contributed by atoms with Gasteiger partial charge < -0.3 is 10.6 Å². The van der Waals surface area contributed by atoms with Crippen LogP contribution < -0.4 is 10.6 Å². The topological polar surface area (TPSA) is 46.3 Å². The zero-order valence-corrected chi connectivity index (χ0v) is 14.1. The average molecular weight is 398 g/mol. The predicted octanol–water partition coefficient (Wildman–Crippen LogP) is 4.00. The summed E-state index contributed by atoms with van der Waals surface area (Å²) in [4.78, 5) is 13.9. The number of nitrogens with zero attached hydrogens (tertiary/aromatic N) is 1. The summed E-state index contributed by atoms with van der Waals surface area (Å²) in [6.45, 7) is 0. The monoisotopic (exact) mass is 396 g/mol. The van der Waals surface area contributed by atoms with E-state index in [2.05, 4.69) is 31.9 Å². The molecule has 0 saturated heterocycles. The quantitative estimate of drug-likeness (QED) is 0.795. The minimum Gasteiger partial charge on any atom is -0.397 e. The number of halogens is 2. The third kappa shape index (κ3) is 3.61. The molecule has 0 aliphatic carbocycles.